The first kappa shape index (κ1) is 13.4. The minimum Gasteiger partial charge on any atom is -0.487 e. The number of aromatic nitrogens is 1. The van der Waals surface area contributed by atoms with Gasteiger partial charge in [0.25, 0.3) is 0 Å². The molecule has 0 spiro atoms. The lowest BCUT2D eigenvalue weighted by atomic mass is 10.2. The summed E-state index contributed by atoms with van der Waals surface area (Å²) in [6, 6.07) is 7.57. The van der Waals surface area contributed by atoms with Crippen molar-refractivity contribution < 1.29 is 13.5 Å². The molecule has 0 aliphatic carbocycles. The van der Waals surface area contributed by atoms with Gasteiger partial charge in [-0.2, -0.15) is 0 Å². The van der Waals surface area contributed by atoms with E-state index in [1.807, 2.05) is 13.1 Å². The Kier molecular flexibility index (Phi) is 4.41. The zero-order valence-electron chi connectivity index (χ0n) is 10.5. The summed E-state index contributed by atoms with van der Waals surface area (Å²) in [6.07, 6.45) is 1.56. The maximum Gasteiger partial charge on any atom is 0.165 e. The highest BCUT2D eigenvalue weighted by molar-refractivity contribution is 5.22. The molecular formula is C14H14F2N2O. The second-order valence-electron chi connectivity index (χ2n) is 4.02. The largest absolute Gasteiger partial charge is 0.487 e. The smallest absolute Gasteiger partial charge is 0.165 e. The predicted molar refractivity (Wildman–Crippen MR) is 67.7 cm³/mol. The monoisotopic (exact) mass is 264 g/mol. The quantitative estimate of drug-likeness (QED) is 0.901. The van der Waals surface area contributed by atoms with Crippen molar-refractivity contribution in [3.63, 3.8) is 0 Å². The normalized spacial score (nSPS) is 10.5. The SMILES string of the molecule is CNCc1ccc(OCc2cccc(F)c2F)cn1. The van der Waals surface area contributed by atoms with Gasteiger partial charge >= 0.3 is 0 Å². The Morgan fingerprint density at radius 2 is 2.05 bits per heavy atom. The third kappa shape index (κ3) is 3.48. The third-order valence-electron chi connectivity index (χ3n) is 2.58. The molecule has 5 heteroatoms. The number of ether oxygens (including phenoxy) is 1. The molecule has 1 heterocycles. The van der Waals surface area contributed by atoms with Crippen LogP contribution in [0.25, 0.3) is 0 Å². The number of benzene rings is 1. The molecule has 0 amide bonds. The molecule has 0 atom stereocenters. The van der Waals surface area contributed by atoms with Crippen molar-refractivity contribution in [2.45, 2.75) is 13.2 Å². The van der Waals surface area contributed by atoms with Crippen LogP contribution in [0.1, 0.15) is 11.3 Å². The van der Waals surface area contributed by atoms with Gasteiger partial charge in [-0.05, 0) is 25.2 Å². The van der Waals surface area contributed by atoms with Crippen LogP contribution in [0.15, 0.2) is 36.5 Å². The number of pyridine rings is 1. The first-order chi connectivity index (χ1) is 9.20. The average Bonchev–Trinajstić information content (AvgIpc) is 2.42. The van der Waals surface area contributed by atoms with Gasteiger partial charge in [0, 0.05) is 12.1 Å². The highest BCUT2D eigenvalue weighted by Crippen LogP contribution is 2.15. The summed E-state index contributed by atoms with van der Waals surface area (Å²) < 4.78 is 31.8. The van der Waals surface area contributed by atoms with Crippen molar-refractivity contribution in [3.05, 3.63) is 59.4 Å². The summed E-state index contributed by atoms with van der Waals surface area (Å²) in [4.78, 5) is 4.17. The molecule has 0 fully saturated rings. The number of nitrogens with zero attached hydrogens (tertiary/aromatic N) is 1. The van der Waals surface area contributed by atoms with Gasteiger partial charge < -0.3 is 10.1 Å². The highest BCUT2D eigenvalue weighted by atomic mass is 19.2. The summed E-state index contributed by atoms with van der Waals surface area (Å²) in [5.41, 5.74) is 1.06. The van der Waals surface area contributed by atoms with Crippen LogP contribution >= 0.6 is 0 Å². The Bertz CT molecular complexity index is 544. The van der Waals surface area contributed by atoms with Gasteiger partial charge in [0.1, 0.15) is 12.4 Å². The Balaban J connectivity index is 2.00. The second kappa shape index (κ2) is 6.24. The first-order valence-electron chi connectivity index (χ1n) is 5.86. The maximum absolute atomic E-state index is 13.4. The summed E-state index contributed by atoms with van der Waals surface area (Å²) in [5, 5.41) is 2.98. The van der Waals surface area contributed by atoms with Gasteiger partial charge in [0.05, 0.1) is 11.9 Å². The molecule has 1 aromatic carbocycles. The molecule has 1 N–H and O–H groups in total. The molecule has 0 saturated heterocycles. The minimum atomic E-state index is -0.873. The van der Waals surface area contributed by atoms with Gasteiger partial charge in [-0.3, -0.25) is 4.98 Å². The van der Waals surface area contributed by atoms with Gasteiger partial charge in [0.15, 0.2) is 11.6 Å². The number of rotatable bonds is 5. The predicted octanol–water partition coefficient (Wildman–Crippen LogP) is 2.66. The van der Waals surface area contributed by atoms with Crippen LogP contribution in [0.2, 0.25) is 0 Å². The van der Waals surface area contributed by atoms with Gasteiger partial charge in [-0.1, -0.05) is 12.1 Å². The van der Waals surface area contributed by atoms with E-state index in [-0.39, 0.29) is 12.2 Å². The first-order valence-corrected chi connectivity index (χ1v) is 5.86. The molecule has 3 nitrogen and oxygen atoms in total. The topological polar surface area (TPSA) is 34.1 Å². The minimum absolute atomic E-state index is 0.0311. The van der Waals surface area contributed by atoms with Crippen molar-refractivity contribution in [1.82, 2.24) is 10.3 Å². The summed E-state index contributed by atoms with van der Waals surface area (Å²) in [6.45, 7) is 0.634. The molecule has 0 aliphatic rings. The number of hydrogen-bond donors (Lipinski definition) is 1. The Morgan fingerprint density at radius 3 is 2.74 bits per heavy atom. The van der Waals surface area contributed by atoms with E-state index in [1.165, 1.54) is 12.1 Å². The number of hydrogen-bond acceptors (Lipinski definition) is 3. The van der Waals surface area contributed by atoms with E-state index in [2.05, 4.69) is 10.3 Å². The van der Waals surface area contributed by atoms with E-state index in [1.54, 1.807) is 12.3 Å². The molecule has 2 aromatic rings. The second-order valence-corrected chi connectivity index (χ2v) is 4.02. The van der Waals surface area contributed by atoms with Crippen molar-refractivity contribution in [1.29, 1.82) is 0 Å². The van der Waals surface area contributed by atoms with Crippen LogP contribution in [-0.2, 0) is 13.2 Å². The fraction of sp³-hybridized carbons (Fsp3) is 0.214. The van der Waals surface area contributed by atoms with Crippen LogP contribution in [0.3, 0.4) is 0 Å². The van der Waals surface area contributed by atoms with Crippen LogP contribution in [0, 0.1) is 11.6 Å². The van der Waals surface area contributed by atoms with E-state index >= 15 is 0 Å². The van der Waals surface area contributed by atoms with Crippen molar-refractivity contribution in [2.75, 3.05) is 7.05 Å². The van der Waals surface area contributed by atoms with Crippen LogP contribution in [0.5, 0.6) is 5.75 Å². The van der Waals surface area contributed by atoms with Gasteiger partial charge in [0.2, 0.25) is 0 Å². The van der Waals surface area contributed by atoms with Gasteiger partial charge in [-0.15, -0.1) is 0 Å². The molecule has 2 rings (SSSR count). The number of nitrogens with one attached hydrogen (secondary N) is 1. The Labute approximate surface area is 110 Å². The summed E-state index contributed by atoms with van der Waals surface area (Å²) in [7, 11) is 1.83. The van der Waals surface area contributed by atoms with E-state index in [0.717, 1.165) is 11.8 Å². The summed E-state index contributed by atoms with van der Waals surface area (Å²) in [5.74, 6) is -1.23. The molecule has 0 unspecified atom stereocenters. The Morgan fingerprint density at radius 1 is 1.21 bits per heavy atom. The van der Waals surface area contributed by atoms with Crippen molar-refractivity contribution >= 4 is 0 Å². The van der Waals surface area contributed by atoms with E-state index in [9.17, 15) is 8.78 Å². The molecular weight excluding hydrogens is 250 g/mol. The molecule has 0 aliphatic heterocycles. The van der Waals surface area contributed by atoms with Crippen LogP contribution in [0.4, 0.5) is 8.78 Å². The lowest BCUT2D eigenvalue weighted by Gasteiger charge is -2.08. The van der Waals surface area contributed by atoms with Gasteiger partial charge in [-0.25, -0.2) is 8.78 Å². The summed E-state index contributed by atoms with van der Waals surface area (Å²) >= 11 is 0. The molecule has 0 radical (unpaired) electrons. The van der Waals surface area contributed by atoms with Crippen LogP contribution < -0.4 is 10.1 Å². The molecule has 19 heavy (non-hydrogen) atoms. The fourth-order valence-corrected chi connectivity index (χ4v) is 1.60. The van der Waals surface area contributed by atoms with E-state index < -0.39 is 11.6 Å². The molecule has 1 aromatic heterocycles. The van der Waals surface area contributed by atoms with Crippen molar-refractivity contribution in [2.24, 2.45) is 0 Å². The average molecular weight is 264 g/mol. The lowest BCUT2D eigenvalue weighted by Crippen LogP contribution is -2.06. The third-order valence-corrected chi connectivity index (χ3v) is 2.58. The van der Waals surface area contributed by atoms with Crippen LogP contribution in [-0.4, -0.2) is 12.0 Å². The zero-order valence-corrected chi connectivity index (χ0v) is 10.5. The van der Waals surface area contributed by atoms with E-state index in [4.69, 9.17) is 4.74 Å². The maximum atomic E-state index is 13.4. The molecule has 0 bridgehead atoms. The zero-order chi connectivity index (χ0) is 13.7. The standard InChI is InChI=1S/C14H14F2N2O/c1-17-7-11-5-6-12(8-18-11)19-9-10-3-2-4-13(15)14(10)16/h2-6,8,17H,7,9H2,1H3. The van der Waals surface area contributed by atoms with Crippen molar-refractivity contribution in [3.8, 4) is 5.75 Å². The lowest BCUT2D eigenvalue weighted by molar-refractivity contribution is 0.296. The Hall–Kier alpha value is -2.01. The molecule has 100 valence electrons. The highest BCUT2D eigenvalue weighted by Gasteiger charge is 2.08. The van der Waals surface area contributed by atoms with E-state index in [0.29, 0.717) is 12.3 Å². The number of halogens is 2. The fourth-order valence-electron chi connectivity index (χ4n) is 1.60. The molecule has 0 saturated carbocycles.